The highest BCUT2D eigenvalue weighted by Gasteiger charge is 2.27. The van der Waals surface area contributed by atoms with Crippen LogP contribution in [0.1, 0.15) is 80.4 Å². The number of nitrogens with zero attached hydrogens (tertiary/aromatic N) is 3. The van der Waals surface area contributed by atoms with Gasteiger partial charge in [-0.3, -0.25) is 9.69 Å². The van der Waals surface area contributed by atoms with Gasteiger partial charge in [0.15, 0.2) is 0 Å². The van der Waals surface area contributed by atoms with Crippen LogP contribution in [0.4, 0.5) is 0 Å². The Bertz CT molecular complexity index is 846. The van der Waals surface area contributed by atoms with Crippen molar-refractivity contribution in [2.75, 3.05) is 6.54 Å². The molecule has 1 aromatic carbocycles. The summed E-state index contributed by atoms with van der Waals surface area (Å²) in [6.07, 6.45) is 12.8. The lowest BCUT2D eigenvalue weighted by Gasteiger charge is -2.36. The van der Waals surface area contributed by atoms with Gasteiger partial charge < -0.3 is 9.88 Å². The van der Waals surface area contributed by atoms with Crippen molar-refractivity contribution in [3.8, 4) is 0 Å². The monoisotopic (exact) mass is 380 g/mol. The minimum absolute atomic E-state index is 0.0589. The van der Waals surface area contributed by atoms with Gasteiger partial charge in [-0.05, 0) is 43.9 Å². The third kappa shape index (κ3) is 3.57. The molecule has 5 heteroatoms. The van der Waals surface area contributed by atoms with Crippen LogP contribution in [0, 0.1) is 0 Å². The summed E-state index contributed by atoms with van der Waals surface area (Å²) >= 11 is 0. The van der Waals surface area contributed by atoms with Crippen molar-refractivity contribution in [2.24, 2.45) is 0 Å². The Morgan fingerprint density at radius 1 is 0.964 bits per heavy atom. The molecule has 150 valence electrons. The molecule has 0 radical (unpaired) electrons. The van der Waals surface area contributed by atoms with Crippen molar-refractivity contribution >= 4 is 16.9 Å². The van der Waals surface area contributed by atoms with Gasteiger partial charge >= 0.3 is 0 Å². The molecule has 0 unspecified atom stereocenters. The molecule has 1 N–H and O–H groups in total. The van der Waals surface area contributed by atoms with Gasteiger partial charge in [0.1, 0.15) is 5.82 Å². The summed E-state index contributed by atoms with van der Waals surface area (Å²) in [6, 6.07) is 7.14. The smallest absolute Gasteiger partial charge is 0.251 e. The van der Waals surface area contributed by atoms with E-state index in [2.05, 4.69) is 20.9 Å². The van der Waals surface area contributed by atoms with E-state index in [9.17, 15) is 4.79 Å². The Morgan fingerprint density at radius 2 is 1.71 bits per heavy atom. The lowest BCUT2D eigenvalue weighted by Crippen LogP contribution is -2.42. The van der Waals surface area contributed by atoms with E-state index in [0.717, 1.165) is 55.4 Å². The summed E-state index contributed by atoms with van der Waals surface area (Å²) in [5.41, 5.74) is 2.89. The average molecular weight is 381 g/mol. The zero-order valence-corrected chi connectivity index (χ0v) is 16.8. The molecule has 0 bridgehead atoms. The predicted molar refractivity (Wildman–Crippen MR) is 111 cm³/mol. The molecule has 2 saturated carbocycles. The number of hydrogen-bond acceptors (Lipinski definition) is 3. The number of fused-ring (bicyclic) bond motifs is 3. The third-order valence-corrected chi connectivity index (χ3v) is 7.08. The van der Waals surface area contributed by atoms with E-state index in [0.29, 0.717) is 6.04 Å². The second-order valence-electron chi connectivity index (χ2n) is 8.95. The van der Waals surface area contributed by atoms with Gasteiger partial charge in [0.2, 0.25) is 0 Å². The first kappa shape index (κ1) is 18.2. The molecule has 28 heavy (non-hydrogen) atoms. The van der Waals surface area contributed by atoms with E-state index in [1.54, 1.807) is 0 Å². The summed E-state index contributed by atoms with van der Waals surface area (Å²) in [6.45, 7) is 3.08. The fraction of sp³-hybridized carbons (Fsp3) is 0.652. The van der Waals surface area contributed by atoms with Gasteiger partial charge in [-0.25, -0.2) is 4.98 Å². The Morgan fingerprint density at radius 3 is 2.50 bits per heavy atom. The van der Waals surface area contributed by atoms with E-state index in [-0.39, 0.29) is 5.91 Å². The van der Waals surface area contributed by atoms with Crippen molar-refractivity contribution in [1.29, 1.82) is 0 Å². The fourth-order valence-corrected chi connectivity index (χ4v) is 5.45. The summed E-state index contributed by atoms with van der Waals surface area (Å²) in [5, 5.41) is 3.23. The second kappa shape index (κ2) is 7.86. The largest absolute Gasteiger partial charge is 0.349 e. The summed E-state index contributed by atoms with van der Waals surface area (Å²) in [7, 11) is 0. The number of aromatic nitrogens is 2. The summed E-state index contributed by atoms with van der Waals surface area (Å²) < 4.78 is 2.36. The maximum absolute atomic E-state index is 12.7. The van der Waals surface area contributed by atoms with Crippen LogP contribution in [-0.4, -0.2) is 39.0 Å². The first-order chi connectivity index (χ1) is 13.8. The number of nitrogens with one attached hydrogen (secondary N) is 1. The molecule has 2 aromatic rings. The lowest BCUT2D eigenvalue weighted by atomic mass is 9.94. The van der Waals surface area contributed by atoms with Gasteiger partial charge in [-0.1, -0.05) is 38.5 Å². The molecular weight excluding hydrogens is 348 g/mol. The van der Waals surface area contributed by atoms with E-state index in [1.165, 1.54) is 56.9 Å². The minimum Gasteiger partial charge on any atom is -0.349 e. The van der Waals surface area contributed by atoms with Crippen LogP contribution in [0.25, 0.3) is 11.0 Å². The zero-order chi connectivity index (χ0) is 18.9. The topological polar surface area (TPSA) is 50.2 Å². The van der Waals surface area contributed by atoms with Crippen LogP contribution in [0.5, 0.6) is 0 Å². The Hall–Kier alpha value is -1.88. The van der Waals surface area contributed by atoms with Crippen LogP contribution < -0.4 is 5.32 Å². The second-order valence-corrected chi connectivity index (χ2v) is 8.95. The van der Waals surface area contributed by atoms with Crippen LogP contribution >= 0.6 is 0 Å². The number of amides is 1. The zero-order valence-electron chi connectivity index (χ0n) is 16.8. The van der Waals surface area contributed by atoms with Gasteiger partial charge in [-0.15, -0.1) is 0 Å². The number of carbonyl (C=O) groups excluding carboxylic acids is 1. The fourth-order valence-electron chi connectivity index (χ4n) is 5.45. The van der Waals surface area contributed by atoms with E-state index < -0.39 is 0 Å². The standard InChI is InChI=1S/C23H32N4O/c28-23(24-18-7-3-1-4-8-18)17-11-12-21-20(15-17)25-22-16-26(13-14-27(21)22)19-9-5-2-6-10-19/h11-12,15,18-19H,1-10,13-14,16H2,(H,24,28). The molecule has 0 spiro atoms. The van der Waals surface area contributed by atoms with E-state index >= 15 is 0 Å². The molecule has 3 aliphatic rings. The van der Waals surface area contributed by atoms with Crippen LogP contribution in [0.3, 0.4) is 0 Å². The molecule has 1 aromatic heterocycles. The molecule has 0 saturated heterocycles. The van der Waals surface area contributed by atoms with Crippen LogP contribution in [-0.2, 0) is 13.1 Å². The molecule has 5 nitrogen and oxygen atoms in total. The summed E-state index contributed by atoms with van der Waals surface area (Å²) in [4.78, 5) is 20.3. The summed E-state index contributed by atoms with van der Waals surface area (Å²) in [5.74, 6) is 1.22. The van der Waals surface area contributed by atoms with Crippen molar-refractivity contribution in [2.45, 2.75) is 89.4 Å². The van der Waals surface area contributed by atoms with Crippen molar-refractivity contribution in [3.63, 3.8) is 0 Å². The highest BCUT2D eigenvalue weighted by Crippen LogP contribution is 2.28. The van der Waals surface area contributed by atoms with Gasteiger partial charge in [-0.2, -0.15) is 0 Å². The van der Waals surface area contributed by atoms with Gasteiger partial charge in [0.25, 0.3) is 5.91 Å². The van der Waals surface area contributed by atoms with Crippen molar-refractivity contribution in [1.82, 2.24) is 19.8 Å². The van der Waals surface area contributed by atoms with Crippen LogP contribution in [0.15, 0.2) is 18.2 Å². The van der Waals surface area contributed by atoms with Crippen LogP contribution in [0.2, 0.25) is 0 Å². The maximum atomic E-state index is 12.7. The third-order valence-electron chi connectivity index (χ3n) is 7.08. The SMILES string of the molecule is O=C(NC1CCCCC1)c1ccc2c(c1)nc1n2CCN(C2CCCCC2)C1. The Labute approximate surface area is 167 Å². The van der Waals surface area contributed by atoms with Gasteiger partial charge in [0.05, 0.1) is 17.6 Å². The predicted octanol–water partition coefficient (Wildman–Crippen LogP) is 4.25. The molecule has 0 atom stereocenters. The maximum Gasteiger partial charge on any atom is 0.251 e. The lowest BCUT2D eigenvalue weighted by molar-refractivity contribution is 0.0928. The normalized spacial score (nSPS) is 22.3. The Kier molecular flexibility index (Phi) is 5.10. The first-order valence-electron chi connectivity index (χ1n) is 11.3. The average Bonchev–Trinajstić information content (AvgIpc) is 3.12. The molecular formula is C23H32N4O. The van der Waals surface area contributed by atoms with E-state index in [4.69, 9.17) is 4.98 Å². The highest BCUT2D eigenvalue weighted by atomic mass is 16.1. The molecule has 2 aliphatic carbocycles. The molecule has 5 rings (SSSR count). The Balaban J connectivity index is 1.33. The molecule has 1 aliphatic heterocycles. The first-order valence-corrected chi connectivity index (χ1v) is 11.3. The van der Waals surface area contributed by atoms with Crippen molar-refractivity contribution < 1.29 is 4.79 Å². The number of hydrogen-bond donors (Lipinski definition) is 1. The number of imidazole rings is 1. The minimum atomic E-state index is 0.0589. The molecule has 2 heterocycles. The quantitative estimate of drug-likeness (QED) is 0.866. The number of benzene rings is 1. The van der Waals surface area contributed by atoms with Crippen molar-refractivity contribution in [3.05, 3.63) is 29.6 Å². The van der Waals surface area contributed by atoms with Gasteiger partial charge in [0, 0.05) is 30.7 Å². The molecule has 2 fully saturated rings. The number of carbonyl (C=O) groups is 1. The highest BCUT2D eigenvalue weighted by molar-refractivity contribution is 5.97. The molecule has 1 amide bonds. The van der Waals surface area contributed by atoms with E-state index in [1.807, 2.05) is 12.1 Å². The number of rotatable bonds is 3.